The van der Waals surface area contributed by atoms with Crippen LogP contribution in [0, 0.1) is 10.8 Å². The lowest BCUT2D eigenvalue weighted by Gasteiger charge is -2.33. The average molecular weight is 743 g/mol. The smallest absolute Gasteiger partial charge is 0.410 e. The summed E-state index contributed by atoms with van der Waals surface area (Å²) in [6.07, 6.45) is -1.70. The number of nitrogens with one attached hydrogen (secondary N) is 1. The first-order valence-corrected chi connectivity index (χ1v) is 17.9. The molecule has 0 unspecified atom stereocenters. The summed E-state index contributed by atoms with van der Waals surface area (Å²) in [5.41, 5.74) is 0.733. The first-order valence-electron chi connectivity index (χ1n) is 17.9. The summed E-state index contributed by atoms with van der Waals surface area (Å²) >= 11 is 0. The summed E-state index contributed by atoms with van der Waals surface area (Å²) in [5, 5.41) is 2.93. The van der Waals surface area contributed by atoms with Crippen molar-refractivity contribution in [2.75, 3.05) is 14.1 Å². The number of carbonyl (C=O) groups is 5. The number of esters is 4. The zero-order chi connectivity index (χ0) is 40.6. The number of amides is 1. The zero-order valence-corrected chi connectivity index (χ0v) is 33.9. The maximum absolute atomic E-state index is 12.8. The quantitative estimate of drug-likeness (QED) is 0.157. The van der Waals surface area contributed by atoms with Gasteiger partial charge >= 0.3 is 30.0 Å². The Hall–Kier alpha value is -4.45. The molecular formula is C41H62N2O10. The number of likely N-dealkylation sites (N-methyl/N-ethyl adjacent to an activating group) is 2. The lowest BCUT2D eigenvalue weighted by molar-refractivity contribution is -0.170. The number of hydrogen-bond donors (Lipinski definition) is 1. The van der Waals surface area contributed by atoms with E-state index in [1.54, 1.807) is 27.8 Å². The van der Waals surface area contributed by atoms with Gasteiger partial charge in [0.15, 0.2) is 12.2 Å². The fourth-order valence-electron chi connectivity index (χ4n) is 4.63. The Morgan fingerprint density at radius 3 is 1.38 bits per heavy atom. The van der Waals surface area contributed by atoms with Crippen molar-refractivity contribution in [3.8, 4) is 0 Å². The predicted octanol–water partition coefficient (Wildman–Crippen LogP) is 7.02. The summed E-state index contributed by atoms with van der Waals surface area (Å²) in [7, 11) is 3.19. The average Bonchev–Trinajstić information content (AvgIpc) is 3.06. The van der Waals surface area contributed by atoms with Crippen molar-refractivity contribution in [1.29, 1.82) is 0 Å². The van der Waals surface area contributed by atoms with E-state index in [1.165, 1.54) is 25.8 Å². The first kappa shape index (κ1) is 46.6. The fraction of sp³-hybridized carbons (Fsp3) is 0.585. The number of hydrogen-bond acceptors (Lipinski definition) is 11. The highest BCUT2D eigenvalue weighted by Gasteiger charge is 2.36. The van der Waals surface area contributed by atoms with Crippen LogP contribution in [0.3, 0.4) is 0 Å². The number of nitrogens with zero attached hydrogens (tertiary/aromatic N) is 1. The molecule has 1 amide bonds. The van der Waals surface area contributed by atoms with Crippen molar-refractivity contribution in [1.82, 2.24) is 10.2 Å². The third-order valence-corrected chi connectivity index (χ3v) is 7.37. The summed E-state index contributed by atoms with van der Waals surface area (Å²) in [6.45, 7) is 20.5. The monoisotopic (exact) mass is 742 g/mol. The Morgan fingerprint density at radius 2 is 1.02 bits per heavy atom. The van der Waals surface area contributed by atoms with E-state index in [0.717, 1.165) is 11.1 Å². The largest absolute Gasteiger partial charge is 0.458 e. The summed E-state index contributed by atoms with van der Waals surface area (Å²) in [6, 6.07) is 17.2. The molecule has 2 rings (SSSR count). The molecule has 0 aromatic heterocycles. The van der Waals surface area contributed by atoms with Gasteiger partial charge in [-0.1, -0.05) is 102 Å². The SMILES string of the molecule is CN[C@@H](CC(C)(C)C)C(=O)O[C@H](C)C(=O)OCc1ccccc1.C[C@@H](OC(=O)[C@H](CC(C)(C)C)N(C)C(=O)OC(C)(C)C)C(=O)OCc1ccccc1. The molecule has 0 heterocycles. The standard InChI is InChI=1S/C23H35NO6.C18H27NO4/c1-16(19(25)28-15-17-12-10-9-11-13-17)29-20(26)18(14-22(2,3)4)24(8)21(27)30-23(5,6)7;1-13(16(20)22-12-14-9-7-6-8-10-14)23-17(21)15(19-5)11-18(2,3)4/h9-13,16,18H,14-15H2,1-8H3;6-10,13,15,19H,11-12H2,1-5H3/t16-,18+;13-,15+/m11/s1. The minimum absolute atomic E-state index is 0.0241. The van der Waals surface area contributed by atoms with Gasteiger partial charge < -0.3 is 29.0 Å². The molecule has 4 atom stereocenters. The third kappa shape index (κ3) is 19.8. The Labute approximate surface area is 316 Å². The van der Waals surface area contributed by atoms with E-state index < -0.39 is 59.9 Å². The first-order chi connectivity index (χ1) is 24.4. The molecule has 296 valence electrons. The molecule has 53 heavy (non-hydrogen) atoms. The van der Waals surface area contributed by atoms with Crippen molar-refractivity contribution in [3.63, 3.8) is 0 Å². The highest BCUT2D eigenvalue weighted by Crippen LogP contribution is 2.26. The predicted molar refractivity (Wildman–Crippen MR) is 202 cm³/mol. The van der Waals surface area contributed by atoms with E-state index in [9.17, 15) is 24.0 Å². The Kier molecular flexibility index (Phi) is 18.7. The molecule has 0 aliphatic rings. The van der Waals surface area contributed by atoms with Crippen LogP contribution in [0.2, 0.25) is 0 Å². The van der Waals surface area contributed by atoms with Crippen LogP contribution >= 0.6 is 0 Å². The molecule has 1 N–H and O–H groups in total. The van der Waals surface area contributed by atoms with Crippen LogP contribution in [0.5, 0.6) is 0 Å². The van der Waals surface area contributed by atoms with Gasteiger partial charge in [-0.25, -0.2) is 19.2 Å². The van der Waals surface area contributed by atoms with Crippen LogP contribution < -0.4 is 5.32 Å². The van der Waals surface area contributed by atoms with Gasteiger partial charge in [-0.3, -0.25) is 9.69 Å². The number of rotatable bonds is 14. The van der Waals surface area contributed by atoms with Crippen molar-refractivity contribution >= 4 is 30.0 Å². The molecule has 12 heteroatoms. The van der Waals surface area contributed by atoms with Gasteiger partial charge in [0.05, 0.1) is 0 Å². The molecule has 0 aliphatic heterocycles. The van der Waals surface area contributed by atoms with E-state index in [1.807, 2.05) is 102 Å². The van der Waals surface area contributed by atoms with Crippen LogP contribution in [-0.2, 0) is 56.1 Å². The van der Waals surface area contributed by atoms with Crippen molar-refractivity contribution in [2.24, 2.45) is 10.8 Å². The second kappa shape index (κ2) is 21.3. The van der Waals surface area contributed by atoms with Gasteiger partial charge in [-0.2, -0.15) is 0 Å². The minimum Gasteiger partial charge on any atom is -0.458 e. The van der Waals surface area contributed by atoms with E-state index in [0.29, 0.717) is 12.8 Å². The van der Waals surface area contributed by atoms with Gasteiger partial charge in [-0.05, 0) is 76.5 Å². The number of carbonyl (C=O) groups excluding carboxylic acids is 5. The van der Waals surface area contributed by atoms with Gasteiger partial charge in [-0.15, -0.1) is 0 Å². The molecule has 0 aliphatic carbocycles. The van der Waals surface area contributed by atoms with Gasteiger partial charge in [0, 0.05) is 7.05 Å². The summed E-state index contributed by atoms with van der Waals surface area (Å²) in [4.78, 5) is 62.9. The second-order valence-electron chi connectivity index (χ2n) is 16.3. The molecular weight excluding hydrogens is 680 g/mol. The molecule has 0 saturated carbocycles. The van der Waals surface area contributed by atoms with Crippen LogP contribution in [0.15, 0.2) is 60.7 Å². The van der Waals surface area contributed by atoms with E-state index >= 15 is 0 Å². The molecule has 2 aromatic carbocycles. The van der Waals surface area contributed by atoms with Crippen molar-refractivity contribution in [3.05, 3.63) is 71.8 Å². The zero-order valence-electron chi connectivity index (χ0n) is 33.9. The summed E-state index contributed by atoms with van der Waals surface area (Å²) < 4.78 is 26.3. The van der Waals surface area contributed by atoms with E-state index in [4.69, 9.17) is 23.7 Å². The van der Waals surface area contributed by atoms with Crippen LogP contribution in [0.25, 0.3) is 0 Å². The fourth-order valence-corrected chi connectivity index (χ4v) is 4.63. The Morgan fingerprint density at radius 1 is 0.623 bits per heavy atom. The maximum atomic E-state index is 12.8. The molecule has 0 bridgehead atoms. The second-order valence-corrected chi connectivity index (χ2v) is 16.3. The van der Waals surface area contributed by atoms with Crippen molar-refractivity contribution < 1.29 is 47.7 Å². The highest BCUT2D eigenvalue weighted by molar-refractivity contribution is 5.84. The normalized spacial score (nSPS) is 13.8. The van der Waals surface area contributed by atoms with Gasteiger partial charge in [0.1, 0.15) is 30.9 Å². The number of ether oxygens (including phenoxy) is 5. The topological polar surface area (TPSA) is 147 Å². The minimum atomic E-state index is -1.10. The lowest BCUT2D eigenvalue weighted by Crippen LogP contribution is -2.48. The van der Waals surface area contributed by atoms with Gasteiger partial charge in [0.25, 0.3) is 0 Å². The maximum Gasteiger partial charge on any atom is 0.410 e. The third-order valence-electron chi connectivity index (χ3n) is 7.37. The Bertz CT molecular complexity index is 1440. The lowest BCUT2D eigenvalue weighted by atomic mass is 9.87. The van der Waals surface area contributed by atoms with Crippen LogP contribution in [0.4, 0.5) is 4.79 Å². The van der Waals surface area contributed by atoms with E-state index in [-0.39, 0.29) is 24.0 Å². The Balaban J connectivity index is 0.000000549. The molecule has 0 radical (unpaired) electrons. The summed E-state index contributed by atoms with van der Waals surface area (Å²) in [5.74, 6) is -2.32. The molecule has 2 aromatic rings. The highest BCUT2D eigenvalue weighted by atomic mass is 16.6. The van der Waals surface area contributed by atoms with Crippen molar-refractivity contribution in [2.45, 2.75) is 132 Å². The number of benzene rings is 2. The van der Waals surface area contributed by atoms with Crippen LogP contribution in [0.1, 0.15) is 100 Å². The molecule has 0 fully saturated rings. The van der Waals surface area contributed by atoms with Gasteiger partial charge in [0.2, 0.25) is 0 Å². The van der Waals surface area contributed by atoms with E-state index in [2.05, 4.69) is 5.32 Å². The van der Waals surface area contributed by atoms with Crippen LogP contribution in [-0.4, -0.2) is 78.9 Å². The molecule has 0 spiro atoms. The molecule has 0 saturated heterocycles. The molecule has 12 nitrogen and oxygen atoms in total.